The minimum atomic E-state index is -1.07. The summed E-state index contributed by atoms with van der Waals surface area (Å²) in [5, 5.41) is 12.7. The molecule has 0 bridgehead atoms. The van der Waals surface area contributed by atoms with Gasteiger partial charge in [0.25, 0.3) is 0 Å². The number of carbonyl (C=O) groups is 2. The zero-order valence-electron chi connectivity index (χ0n) is 11.4. The monoisotopic (exact) mass is 265 g/mol. The molecule has 1 fully saturated rings. The van der Waals surface area contributed by atoms with Crippen LogP contribution in [0.5, 0.6) is 0 Å². The molecule has 2 aliphatic rings. The highest BCUT2D eigenvalue weighted by Crippen LogP contribution is 2.29. The molecule has 0 unspecified atom stereocenters. The molecule has 104 valence electrons. The summed E-state index contributed by atoms with van der Waals surface area (Å²) >= 11 is 0. The average molecular weight is 265 g/mol. The van der Waals surface area contributed by atoms with Crippen LogP contribution in [0.3, 0.4) is 0 Å². The fourth-order valence-electron chi connectivity index (χ4n) is 2.53. The molecule has 1 heterocycles. The molecular formula is C14H21N2O3+. The summed E-state index contributed by atoms with van der Waals surface area (Å²) in [4.78, 5) is 27.1. The summed E-state index contributed by atoms with van der Waals surface area (Å²) in [5.41, 5.74) is 0.717. The van der Waals surface area contributed by atoms with Crippen LogP contribution in [0, 0.1) is 17.8 Å². The van der Waals surface area contributed by atoms with Crippen molar-refractivity contribution in [3.8, 4) is 0 Å². The van der Waals surface area contributed by atoms with E-state index in [1.54, 1.807) is 0 Å². The van der Waals surface area contributed by atoms with Crippen molar-refractivity contribution in [2.45, 2.75) is 33.1 Å². The van der Waals surface area contributed by atoms with Crippen LogP contribution in [0.15, 0.2) is 11.8 Å². The summed E-state index contributed by atoms with van der Waals surface area (Å²) < 4.78 is 0. The van der Waals surface area contributed by atoms with Crippen LogP contribution in [0.25, 0.3) is 0 Å². The van der Waals surface area contributed by atoms with Crippen molar-refractivity contribution in [1.29, 1.82) is 0 Å². The Hall–Kier alpha value is -1.65. The fraction of sp³-hybridized carbons (Fsp3) is 0.643. The highest BCUT2D eigenvalue weighted by molar-refractivity contribution is 6.19. The molecule has 3 N–H and O–H groups in total. The van der Waals surface area contributed by atoms with Gasteiger partial charge in [-0.25, -0.2) is 4.99 Å². The first-order valence-corrected chi connectivity index (χ1v) is 6.85. The van der Waals surface area contributed by atoms with Crippen molar-refractivity contribution in [3.05, 3.63) is 11.8 Å². The van der Waals surface area contributed by atoms with Gasteiger partial charge in [-0.1, -0.05) is 19.9 Å². The number of allylic oxidation sites excluding steroid dienone is 2. The Labute approximate surface area is 112 Å². The molecule has 0 aromatic carbocycles. The van der Waals surface area contributed by atoms with E-state index in [0.717, 1.165) is 19.3 Å². The Kier molecular flexibility index (Phi) is 4.02. The minimum Gasteiger partial charge on any atom is -0.463 e. The van der Waals surface area contributed by atoms with E-state index in [0.29, 0.717) is 18.2 Å². The van der Waals surface area contributed by atoms with Gasteiger partial charge in [0.15, 0.2) is 5.78 Å². The Morgan fingerprint density at radius 3 is 2.95 bits per heavy atom. The molecule has 5 heteroatoms. The molecule has 0 aromatic heterocycles. The quantitative estimate of drug-likeness (QED) is 0.372. The van der Waals surface area contributed by atoms with Gasteiger partial charge in [0.05, 0.1) is 5.92 Å². The minimum absolute atomic E-state index is 0.191. The van der Waals surface area contributed by atoms with Gasteiger partial charge < -0.3 is 10.4 Å². The summed E-state index contributed by atoms with van der Waals surface area (Å²) in [6, 6.07) is 0. The Morgan fingerprint density at radius 2 is 2.26 bits per heavy atom. The van der Waals surface area contributed by atoms with Crippen molar-refractivity contribution in [1.82, 2.24) is 5.32 Å². The van der Waals surface area contributed by atoms with Gasteiger partial charge in [-0.2, -0.15) is 0 Å². The first-order chi connectivity index (χ1) is 9.00. The van der Waals surface area contributed by atoms with Crippen molar-refractivity contribution in [2.75, 3.05) is 6.54 Å². The summed E-state index contributed by atoms with van der Waals surface area (Å²) in [5.74, 6) is -1.85. The van der Waals surface area contributed by atoms with Crippen LogP contribution in [0.1, 0.15) is 33.1 Å². The molecule has 1 amide bonds. The van der Waals surface area contributed by atoms with E-state index in [2.05, 4.69) is 10.3 Å². The lowest BCUT2D eigenvalue weighted by atomic mass is 9.79. The van der Waals surface area contributed by atoms with Crippen LogP contribution in [0.4, 0.5) is 0 Å². The predicted molar refractivity (Wildman–Crippen MR) is 70.4 cm³/mol. The number of ketones is 1. The Balaban J connectivity index is 2.19. The largest absolute Gasteiger partial charge is 0.463 e. The summed E-state index contributed by atoms with van der Waals surface area (Å²) in [6.45, 7) is 4.52. The number of amides is 1. The summed E-state index contributed by atoms with van der Waals surface area (Å²) in [7, 11) is 0. The van der Waals surface area contributed by atoms with E-state index in [1.807, 2.05) is 19.9 Å². The maximum absolute atomic E-state index is 12.3. The van der Waals surface area contributed by atoms with Crippen molar-refractivity contribution >= 4 is 17.6 Å². The van der Waals surface area contributed by atoms with Crippen molar-refractivity contribution in [2.24, 2.45) is 17.8 Å². The van der Waals surface area contributed by atoms with E-state index in [9.17, 15) is 14.7 Å². The standard InChI is InChI=1S/C14H20N2O3/c1-8(2)7-15-13(18)11-12(17)9-5-3-4-6-10(9)16-14(11)19/h6,8-9,11H,3-5,7H2,1-2H3,(H,15,18)(H,16,19)/p+1/t9-,11+/m0/s1. The van der Waals surface area contributed by atoms with E-state index < -0.39 is 11.8 Å². The van der Waals surface area contributed by atoms with Crippen LogP contribution in [-0.4, -0.2) is 29.2 Å². The number of rotatable bonds is 3. The van der Waals surface area contributed by atoms with Gasteiger partial charge in [0.1, 0.15) is 6.54 Å². The van der Waals surface area contributed by atoms with Crippen LogP contribution in [-0.2, 0) is 9.59 Å². The van der Waals surface area contributed by atoms with Crippen molar-refractivity contribution < 1.29 is 19.7 Å². The maximum atomic E-state index is 12.3. The van der Waals surface area contributed by atoms with Crippen LogP contribution in [0.2, 0.25) is 0 Å². The van der Waals surface area contributed by atoms with Gasteiger partial charge in [-0.15, -0.1) is 0 Å². The topological polar surface area (TPSA) is 80.4 Å². The number of carbonyl (C=O) groups excluding carboxylic acids is 2. The second kappa shape index (κ2) is 5.55. The molecule has 1 aliphatic carbocycles. The highest BCUT2D eigenvalue weighted by atomic mass is 16.3. The molecule has 5 nitrogen and oxygen atoms in total. The number of hydrogen-bond donors (Lipinski definition) is 3. The van der Waals surface area contributed by atoms with E-state index in [1.165, 1.54) is 0 Å². The number of nitrogens with one attached hydrogen (secondary N) is 2. The van der Waals surface area contributed by atoms with E-state index in [-0.39, 0.29) is 17.6 Å². The Morgan fingerprint density at radius 1 is 1.53 bits per heavy atom. The highest BCUT2D eigenvalue weighted by Gasteiger charge is 2.46. The van der Waals surface area contributed by atoms with Crippen LogP contribution < -0.4 is 10.3 Å². The molecular weight excluding hydrogens is 244 g/mol. The lowest BCUT2D eigenvalue weighted by Crippen LogP contribution is -2.77. The zero-order chi connectivity index (χ0) is 14.0. The Bertz CT molecular complexity index is 452. The number of aliphatic hydroxyl groups is 1. The fourth-order valence-corrected chi connectivity index (χ4v) is 2.53. The zero-order valence-corrected chi connectivity index (χ0v) is 11.4. The molecule has 0 spiro atoms. The van der Waals surface area contributed by atoms with Gasteiger partial charge in [0, 0.05) is 11.6 Å². The third-order valence-corrected chi connectivity index (χ3v) is 3.56. The average Bonchev–Trinajstić information content (AvgIpc) is 2.36. The van der Waals surface area contributed by atoms with Gasteiger partial charge in [-0.05, 0) is 19.3 Å². The number of fused-ring (bicyclic) bond motifs is 1. The number of Topliss-reactive ketones (excluding diaryl/α,β-unsaturated/α-hetero) is 1. The number of piperidine rings is 1. The lowest BCUT2D eigenvalue weighted by molar-refractivity contribution is -0.475. The molecule has 0 saturated carbocycles. The molecule has 1 aliphatic heterocycles. The van der Waals surface area contributed by atoms with Gasteiger partial charge in [-0.3, -0.25) is 9.59 Å². The van der Waals surface area contributed by atoms with E-state index >= 15 is 0 Å². The normalized spacial score (nSPS) is 27.9. The maximum Gasteiger partial charge on any atom is 0.352 e. The predicted octanol–water partition coefficient (Wildman–Crippen LogP) is -0.321. The third kappa shape index (κ3) is 2.85. The summed E-state index contributed by atoms with van der Waals surface area (Å²) in [6.07, 6.45) is 4.51. The first kappa shape index (κ1) is 13.8. The SMILES string of the molecule is CC(C)C[NH+]=C(O)[C@@H]1C(=O)NC2=CCCC[C@@H]2C1=O. The van der Waals surface area contributed by atoms with Gasteiger partial charge >= 0.3 is 5.90 Å². The molecule has 19 heavy (non-hydrogen) atoms. The molecule has 2 rings (SSSR count). The number of hydrogen-bond acceptors (Lipinski definition) is 2. The molecule has 1 saturated heterocycles. The third-order valence-electron chi connectivity index (χ3n) is 3.56. The smallest absolute Gasteiger partial charge is 0.352 e. The second-order valence-corrected chi connectivity index (χ2v) is 5.63. The van der Waals surface area contributed by atoms with Crippen molar-refractivity contribution in [3.63, 3.8) is 0 Å². The lowest BCUT2D eigenvalue weighted by Gasteiger charge is -2.30. The molecule has 0 radical (unpaired) electrons. The second-order valence-electron chi connectivity index (χ2n) is 5.63. The van der Waals surface area contributed by atoms with Gasteiger partial charge in [0.2, 0.25) is 11.8 Å². The van der Waals surface area contributed by atoms with Crippen LogP contribution >= 0.6 is 0 Å². The first-order valence-electron chi connectivity index (χ1n) is 6.85. The number of aliphatic hydroxyl groups excluding tert-OH is 1. The van der Waals surface area contributed by atoms with E-state index in [4.69, 9.17) is 0 Å². The molecule has 0 aromatic rings. The molecule has 2 atom stereocenters.